The van der Waals surface area contributed by atoms with Crippen molar-refractivity contribution >= 4 is 27.9 Å². The maximum absolute atomic E-state index is 11.3. The number of rotatable bonds is 4. The van der Waals surface area contributed by atoms with Crippen LogP contribution >= 0.6 is 11.6 Å². The number of fused-ring (bicyclic) bond motifs is 1. The third-order valence-electron chi connectivity index (χ3n) is 2.57. The van der Waals surface area contributed by atoms with E-state index in [1.54, 1.807) is 0 Å². The monoisotopic (exact) mass is 236 g/mol. The van der Waals surface area contributed by atoms with Crippen LogP contribution in [0.3, 0.4) is 0 Å². The maximum atomic E-state index is 11.3. The first-order chi connectivity index (χ1) is 7.74. The van der Waals surface area contributed by atoms with E-state index >= 15 is 0 Å². The second kappa shape index (κ2) is 4.66. The van der Waals surface area contributed by atoms with Crippen LogP contribution in [0.4, 0.5) is 0 Å². The van der Waals surface area contributed by atoms with E-state index in [1.165, 1.54) is 0 Å². The molecule has 4 heteroatoms. The molecule has 0 saturated carbocycles. The highest BCUT2D eigenvalue weighted by atomic mass is 35.5. The van der Waals surface area contributed by atoms with Gasteiger partial charge in [-0.25, -0.2) is 4.98 Å². The Labute approximate surface area is 99.0 Å². The van der Waals surface area contributed by atoms with E-state index in [9.17, 15) is 4.79 Å². The van der Waals surface area contributed by atoms with Crippen LogP contribution in [0, 0.1) is 0 Å². The first-order valence-electron chi connectivity index (χ1n) is 5.39. The van der Waals surface area contributed by atoms with Crippen LogP contribution in [0.25, 0.3) is 11.0 Å². The zero-order chi connectivity index (χ0) is 11.5. The SMILES string of the molecule is CCCCn1c(C(=O)Cl)nc2ccccc21. The predicted octanol–water partition coefficient (Wildman–Crippen LogP) is 3.22. The van der Waals surface area contributed by atoms with Crippen molar-refractivity contribution in [3.8, 4) is 0 Å². The van der Waals surface area contributed by atoms with Crippen LogP contribution in [0.2, 0.25) is 0 Å². The molecular formula is C12H13ClN2O. The average Bonchev–Trinajstić information content (AvgIpc) is 2.65. The number of imidazole rings is 1. The first-order valence-corrected chi connectivity index (χ1v) is 5.77. The van der Waals surface area contributed by atoms with E-state index in [2.05, 4.69) is 11.9 Å². The van der Waals surface area contributed by atoms with E-state index in [0.29, 0.717) is 5.82 Å². The van der Waals surface area contributed by atoms with E-state index in [4.69, 9.17) is 11.6 Å². The molecule has 2 aromatic rings. The summed E-state index contributed by atoms with van der Waals surface area (Å²) >= 11 is 5.54. The molecule has 1 aromatic carbocycles. The highest BCUT2D eigenvalue weighted by Gasteiger charge is 2.14. The third-order valence-corrected chi connectivity index (χ3v) is 2.73. The summed E-state index contributed by atoms with van der Waals surface area (Å²) in [5.41, 5.74) is 1.79. The molecule has 0 atom stereocenters. The minimum Gasteiger partial charge on any atom is -0.320 e. The number of carbonyl (C=O) groups excluding carboxylic acids is 1. The number of benzene rings is 1. The van der Waals surface area contributed by atoms with Gasteiger partial charge in [0.05, 0.1) is 11.0 Å². The summed E-state index contributed by atoms with van der Waals surface area (Å²) in [6.07, 6.45) is 2.08. The lowest BCUT2D eigenvalue weighted by molar-refractivity contribution is 0.106. The number of aryl methyl sites for hydroxylation is 1. The molecule has 0 aliphatic heterocycles. The van der Waals surface area contributed by atoms with Gasteiger partial charge in [-0.2, -0.15) is 0 Å². The van der Waals surface area contributed by atoms with Gasteiger partial charge in [0.15, 0.2) is 5.82 Å². The topological polar surface area (TPSA) is 34.9 Å². The van der Waals surface area contributed by atoms with Gasteiger partial charge in [-0.1, -0.05) is 25.5 Å². The van der Waals surface area contributed by atoms with Crippen molar-refractivity contribution in [2.24, 2.45) is 0 Å². The van der Waals surface area contributed by atoms with Gasteiger partial charge in [0.1, 0.15) is 0 Å². The van der Waals surface area contributed by atoms with E-state index < -0.39 is 5.24 Å². The molecule has 0 aliphatic carbocycles. The van der Waals surface area contributed by atoms with Crippen molar-refractivity contribution in [1.82, 2.24) is 9.55 Å². The first kappa shape index (κ1) is 11.1. The van der Waals surface area contributed by atoms with E-state index in [1.807, 2.05) is 28.8 Å². The molecule has 16 heavy (non-hydrogen) atoms. The Bertz CT molecular complexity index is 519. The molecule has 0 radical (unpaired) electrons. The lowest BCUT2D eigenvalue weighted by atomic mass is 10.3. The van der Waals surface area contributed by atoms with Gasteiger partial charge in [0.2, 0.25) is 0 Å². The number of hydrogen-bond donors (Lipinski definition) is 0. The van der Waals surface area contributed by atoms with Crippen molar-refractivity contribution in [2.75, 3.05) is 0 Å². The Morgan fingerprint density at radius 2 is 2.19 bits per heavy atom. The van der Waals surface area contributed by atoms with Crippen LogP contribution in [0.5, 0.6) is 0 Å². The largest absolute Gasteiger partial charge is 0.320 e. The molecule has 0 unspecified atom stereocenters. The smallest absolute Gasteiger partial charge is 0.288 e. The molecule has 0 fully saturated rings. The van der Waals surface area contributed by atoms with Gasteiger partial charge < -0.3 is 4.57 Å². The number of nitrogens with zero attached hydrogens (tertiary/aromatic N) is 2. The van der Waals surface area contributed by atoms with Crippen LogP contribution in [-0.2, 0) is 6.54 Å². The highest BCUT2D eigenvalue weighted by Crippen LogP contribution is 2.18. The highest BCUT2D eigenvalue weighted by molar-refractivity contribution is 6.67. The molecule has 1 heterocycles. The summed E-state index contributed by atoms with van der Waals surface area (Å²) in [5.74, 6) is 0.344. The van der Waals surface area contributed by atoms with Gasteiger partial charge in [0, 0.05) is 6.54 Å². The molecule has 0 N–H and O–H groups in total. The Morgan fingerprint density at radius 3 is 2.88 bits per heavy atom. The molecule has 3 nitrogen and oxygen atoms in total. The number of aromatic nitrogens is 2. The summed E-state index contributed by atoms with van der Waals surface area (Å²) in [7, 11) is 0. The van der Waals surface area contributed by atoms with Crippen molar-refractivity contribution in [2.45, 2.75) is 26.3 Å². The third kappa shape index (κ3) is 1.95. The second-order valence-electron chi connectivity index (χ2n) is 3.70. The normalized spacial score (nSPS) is 10.9. The lowest BCUT2D eigenvalue weighted by Crippen LogP contribution is -2.06. The summed E-state index contributed by atoms with van der Waals surface area (Å²) in [6.45, 7) is 2.89. The fraction of sp³-hybridized carbons (Fsp3) is 0.333. The van der Waals surface area contributed by atoms with Crippen molar-refractivity contribution < 1.29 is 4.79 Å². The molecule has 0 spiro atoms. The Kier molecular flexibility index (Phi) is 3.25. The zero-order valence-corrected chi connectivity index (χ0v) is 9.87. The number of para-hydroxylation sites is 2. The summed E-state index contributed by atoms with van der Waals surface area (Å²) in [5, 5.41) is -0.493. The number of carbonyl (C=O) groups is 1. The Balaban J connectivity index is 2.55. The fourth-order valence-electron chi connectivity index (χ4n) is 1.77. The second-order valence-corrected chi connectivity index (χ2v) is 4.05. The summed E-state index contributed by atoms with van der Waals surface area (Å²) < 4.78 is 1.90. The summed E-state index contributed by atoms with van der Waals surface area (Å²) in [4.78, 5) is 15.5. The van der Waals surface area contributed by atoms with E-state index in [0.717, 1.165) is 30.4 Å². The Morgan fingerprint density at radius 1 is 1.44 bits per heavy atom. The van der Waals surface area contributed by atoms with Crippen LogP contribution in [0.1, 0.15) is 30.4 Å². The van der Waals surface area contributed by atoms with Crippen LogP contribution < -0.4 is 0 Å². The summed E-state index contributed by atoms with van der Waals surface area (Å²) in [6, 6.07) is 7.69. The molecular weight excluding hydrogens is 224 g/mol. The predicted molar refractivity (Wildman–Crippen MR) is 64.8 cm³/mol. The van der Waals surface area contributed by atoms with Gasteiger partial charge in [-0.05, 0) is 30.2 Å². The van der Waals surface area contributed by atoms with Gasteiger partial charge in [0.25, 0.3) is 5.24 Å². The van der Waals surface area contributed by atoms with Crippen molar-refractivity contribution in [3.63, 3.8) is 0 Å². The van der Waals surface area contributed by atoms with Crippen molar-refractivity contribution in [1.29, 1.82) is 0 Å². The van der Waals surface area contributed by atoms with Crippen LogP contribution in [-0.4, -0.2) is 14.8 Å². The van der Waals surface area contributed by atoms with Gasteiger partial charge in [-0.15, -0.1) is 0 Å². The quantitative estimate of drug-likeness (QED) is 0.764. The molecule has 0 amide bonds. The van der Waals surface area contributed by atoms with Gasteiger partial charge in [-0.3, -0.25) is 4.79 Å². The molecule has 0 bridgehead atoms. The van der Waals surface area contributed by atoms with Crippen molar-refractivity contribution in [3.05, 3.63) is 30.1 Å². The minimum atomic E-state index is -0.493. The maximum Gasteiger partial charge on any atom is 0.288 e. The number of hydrogen-bond acceptors (Lipinski definition) is 2. The molecule has 84 valence electrons. The standard InChI is InChI=1S/C12H13ClN2O/c1-2-3-8-15-10-7-5-4-6-9(10)14-12(15)11(13)16/h4-7H,2-3,8H2,1H3. The molecule has 0 aliphatic rings. The molecule has 2 rings (SSSR count). The zero-order valence-electron chi connectivity index (χ0n) is 9.11. The number of halogens is 1. The van der Waals surface area contributed by atoms with E-state index in [-0.39, 0.29) is 0 Å². The Hall–Kier alpha value is -1.35. The lowest BCUT2D eigenvalue weighted by Gasteiger charge is -2.05. The number of unbranched alkanes of at least 4 members (excludes halogenated alkanes) is 1. The minimum absolute atomic E-state index is 0.344. The molecule has 1 aromatic heterocycles. The van der Waals surface area contributed by atoms with Gasteiger partial charge >= 0.3 is 0 Å². The molecule has 0 saturated heterocycles. The van der Waals surface area contributed by atoms with Crippen LogP contribution in [0.15, 0.2) is 24.3 Å². The fourth-order valence-corrected chi connectivity index (χ4v) is 1.91. The average molecular weight is 237 g/mol.